The highest BCUT2D eigenvalue weighted by atomic mass is 35.5. The molecule has 2 aliphatic heterocycles. The van der Waals surface area contributed by atoms with Crippen molar-refractivity contribution in [2.45, 2.75) is 55.7 Å². The van der Waals surface area contributed by atoms with Gasteiger partial charge in [0.15, 0.2) is 5.78 Å². The number of thiophene rings is 1. The molecule has 5 rings (SSSR count). The number of rotatable bonds is 5. The van der Waals surface area contributed by atoms with Gasteiger partial charge in [-0.3, -0.25) is 19.4 Å². The third-order valence-electron chi connectivity index (χ3n) is 6.92. The molecule has 2 aromatic heterocycles. The van der Waals surface area contributed by atoms with E-state index in [4.69, 9.17) is 16.3 Å². The molecule has 1 aliphatic carbocycles. The van der Waals surface area contributed by atoms with Crippen LogP contribution in [0.5, 0.6) is 0 Å². The van der Waals surface area contributed by atoms with E-state index >= 15 is 0 Å². The van der Waals surface area contributed by atoms with Gasteiger partial charge >= 0.3 is 0 Å². The molecule has 7 nitrogen and oxygen atoms in total. The lowest BCUT2D eigenvalue weighted by Gasteiger charge is -2.34. The van der Waals surface area contributed by atoms with Gasteiger partial charge in [0.25, 0.3) is 5.91 Å². The van der Waals surface area contributed by atoms with Crippen molar-refractivity contribution in [1.29, 1.82) is 0 Å². The first kappa shape index (κ1) is 23.4. The average molecular weight is 506 g/mol. The van der Waals surface area contributed by atoms with Crippen LogP contribution in [0, 0.1) is 11.7 Å². The zero-order valence-electron chi connectivity index (χ0n) is 18.4. The Balaban J connectivity index is 1.40. The van der Waals surface area contributed by atoms with E-state index in [1.54, 1.807) is 24.5 Å². The number of aromatic nitrogens is 1. The minimum Gasteiger partial charge on any atom is -0.366 e. The fourth-order valence-electron chi connectivity index (χ4n) is 5.23. The fourth-order valence-corrected chi connectivity index (χ4v) is 6.52. The molecule has 2 aromatic rings. The summed E-state index contributed by atoms with van der Waals surface area (Å²) < 4.78 is 20.3. The monoisotopic (exact) mass is 505 g/mol. The van der Waals surface area contributed by atoms with Crippen LogP contribution in [0.1, 0.15) is 41.8 Å². The summed E-state index contributed by atoms with van der Waals surface area (Å²) in [5.74, 6) is -1.88. The second-order valence-corrected chi connectivity index (χ2v) is 10.7. The zero-order valence-corrected chi connectivity index (χ0v) is 20.0. The van der Waals surface area contributed by atoms with E-state index in [0.717, 1.165) is 43.4 Å². The van der Waals surface area contributed by atoms with E-state index in [0.29, 0.717) is 10.4 Å². The zero-order chi connectivity index (χ0) is 23.8. The van der Waals surface area contributed by atoms with E-state index < -0.39 is 35.3 Å². The van der Waals surface area contributed by atoms with Crippen LogP contribution in [0.25, 0.3) is 10.4 Å². The van der Waals surface area contributed by atoms with Gasteiger partial charge in [0.1, 0.15) is 35.5 Å². The maximum Gasteiger partial charge on any atom is 0.265 e. The van der Waals surface area contributed by atoms with E-state index in [9.17, 15) is 18.8 Å². The van der Waals surface area contributed by atoms with Crippen molar-refractivity contribution in [3.05, 3.63) is 41.3 Å². The first-order chi connectivity index (χ1) is 16.4. The minimum atomic E-state index is -0.854. The molecule has 3 aliphatic rings. The highest BCUT2D eigenvalue weighted by molar-refractivity contribution is 7.17. The number of ether oxygens (including phenoxy) is 1. The normalized spacial score (nSPS) is 25.9. The Labute approximate surface area is 205 Å². The van der Waals surface area contributed by atoms with E-state index in [2.05, 4.69) is 10.3 Å². The van der Waals surface area contributed by atoms with Crippen molar-refractivity contribution in [1.82, 2.24) is 15.2 Å². The van der Waals surface area contributed by atoms with Gasteiger partial charge in [0, 0.05) is 29.4 Å². The Bertz CT molecular complexity index is 1090. The first-order valence-electron chi connectivity index (χ1n) is 11.5. The standard InChI is InChI=1S/C24H25ClFN3O4S/c25-15-11-29(20-17(30)12-33-21(15)20)24(32)19(13-5-2-1-3-6-13)28-23(31)22-16(26)9-18(34-22)14-7-4-8-27-10-14/h4,7-10,13,15,19-21H,1-3,5-6,11-12H2,(H,28,31)/t15-,19?,20+,21+/m0/s1. The van der Waals surface area contributed by atoms with Crippen molar-refractivity contribution < 1.29 is 23.5 Å². The molecule has 4 heterocycles. The molecule has 180 valence electrons. The maximum absolute atomic E-state index is 14.8. The number of amides is 2. The molecule has 2 saturated heterocycles. The molecular formula is C24H25ClFN3O4S. The molecule has 0 spiro atoms. The average Bonchev–Trinajstić information content (AvgIpc) is 3.53. The van der Waals surface area contributed by atoms with Crippen LogP contribution in [0.15, 0.2) is 30.6 Å². The molecule has 34 heavy (non-hydrogen) atoms. The van der Waals surface area contributed by atoms with Crippen LogP contribution in [0.2, 0.25) is 0 Å². The summed E-state index contributed by atoms with van der Waals surface area (Å²) in [6.45, 7) is 0.111. The summed E-state index contributed by atoms with van der Waals surface area (Å²) in [5, 5.41) is 2.34. The second-order valence-electron chi connectivity index (χ2n) is 9.07. The fraction of sp³-hybridized carbons (Fsp3) is 0.500. The quantitative estimate of drug-likeness (QED) is 0.629. The summed E-state index contributed by atoms with van der Waals surface area (Å²) in [5.41, 5.74) is 0.710. The molecule has 1 unspecified atom stereocenters. The van der Waals surface area contributed by atoms with Gasteiger partial charge in [-0.15, -0.1) is 22.9 Å². The Morgan fingerprint density at radius 3 is 2.82 bits per heavy atom. The summed E-state index contributed by atoms with van der Waals surface area (Å²) in [4.78, 5) is 45.3. The number of nitrogens with zero attached hydrogens (tertiary/aromatic N) is 2. The number of likely N-dealkylation sites (tertiary alicyclic amines) is 1. The van der Waals surface area contributed by atoms with Gasteiger partial charge in [0.2, 0.25) is 5.91 Å². The number of fused-ring (bicyclic) bond motifs is 1. The largest absolute Gasteiger partial charge is 0.366 e. The number of pyridine rings is 1. The molecular weight excluding hydrogens is 481 g/mol. The number of halogens is 2. The number of nitrogens with one attached hydrogen (secondary N) is 1. The van der Waals surface area contributed by atoms with E-state index in [1.165, 1.54) is 11.0 Å². The van der Waals surface area contributed by atoms with Gasteiger partial charge in [-0.25, -0.2) is 4.39 Å². The van der Waals surface area contributed by atoms with E-state index in [1.807, 2.05) is 0 Å². The Morgan fingerprint density at radius 2 is 2.09 bits per heavy atom. The lowest BCUT2D eigenvalue weighted by molar-refractivity contribution is -0.139. The van der Waals surface area contributed by atoms with Gasteiger partial charge in [0.05, 0.1) is 5.38 Å². The third kappa shape index (κ3) is 4.36. The van der Waals surface area contributed by atoms with Crippen molar-refractivity contribution in [2.75, 3.05) is 13.2 Å². The van der Waals surface area contributed by atoms with Crippen LogP contribution in [0.4, 0.5) is 4.39 Å². The minimum absolute atomic E-state index is 0.0691. The number of ketones is 1. The van der Waals surface area contributed by atoms with Gasteiger partial charge in [-0.1, -0.05) is 25.3 Å². The van der Waals surface area contributed by atoms with Crippen molar-refractivity contribution in [2.24, 2.45) is 5.92 Å². The second kappa shape index (κ2) is 9.71. The number of hydrogen-bond acceptors (Lipinski definition) is 6. The smallest absolute Gasteiger partial charge is 0.265 e. The summed E-state index contributed by atoms with van der Waals surface area (Å²) in [7, 11) is 0. The molecule has 1 saturated carbocycles. The van der Waals surface area contributed by atoms with Crippen molar-refractivity contribution in [3.63, 3.8) is 0 Å². The predicted octanol–water partition coefficient (Wildman–Crippen LogP) is 3.41. The highest BCUT2D eigenvalue weighted by Gasteiger charge is 2.53. The van der Waals surface area contributed by atoms with Crippen LogP contribution >= 0.6 is 22.9 Å². The summed E-state index contributed by atoms with van der Waals surface area (Å²) >= 11 is 7.40. The molecule has 2 amide bonds. The van der Waals surface area contributed by atoms with Gasteiger partial charge in [-0.05, 0) is 30.9 Å². The lowest BCUT2D eigenvalue weighted by atomic mass is 9.83. The Morgan fingerprint density at radius 1 is 1.29 bits per heavy atom. The summed E-state index contributed by atoms with van der Waals surface area (Å²) in [6.07, 6.45) is 7.23. The number of carbonyl (C=O) groups is 3. The number of alkyl halides is 1. The molecule has 4 atom stereocenters. The maximum atomic E-state index is 14.8. The highest BCUT2D eigenvalue weighted by Crippen LogP contribution is 2.35. The molecule has 1 N–H and O–H groups in total. The lowest BCUT2D eigenvalue weighted by Crippen LogP contribution is -2.55. The first-order valence-corrected chi connectivity index (χ1v) is 12.8. The van der Waals surface area contributed by atoms with Crippen LogP contribution in [-0.2, 0) is 14.3 Å². The molecule has 10 heteroatoms. The third-order valence-corrected chi connectivity index (χ3v) is 8.46. The molecule has 0 aromatic carbocycles. The Kier molecular flexibility index (Phi) is 6.68. The van der Waals surface area contributed by atoms with Crippen molar-refractivity contribution >= 4 is 40.5 Å². The van der Waals surface area contributed by atoms with Crippen molar-refractivity contribution in [3.8, 4) is 10.4 Å². The van der Waals surface area contributed by atoms with Crippen LogP contribution in [-0.4, -0.2) is 64.2 Å². The Hall–Kier alpha value is -2.36. The number of carbonyl (C=O) groups excluding carboxylic acids is 3. The molecule has 3 fully saturated rings. The summed E-state index contributed by atoms with van der Waals surface area (Å²) in [6, 6.07) is 3.26. The molecule has 0 bridgehead atoms. The van der Waals surface area contributed by atoms with Gasteiger partial charge < -0.3 is 15.0 Å². The van der Waals surface area contributed by atoms with E-state index in [-0.39, 0.29) is 35.6 Å². The number of hydrogen-bond donors (Lipinski definition) is 1. The van der Waals surface area contributed by atoms with Crippen LogP contribution in [0.3, 0.4) is 0 Å². The predicted molar refractivity (Wildman–Crippen MR) is 125 cm³/mol. The van der Waals surface area contributed by atoms with Gasteiger partial charge in [-0.2, -0.15) is 0 Å². The molecule has 0 radical (unpaired) electrons. The van der Waals surface area contributed by atoms with Crippen LogP contribution < -0.4 is 5.32 Å². The topological polar surface area (TPSA) is 88.6 Å². The number of Topliss-reactive ketones (excluding diaryl/α,β-unsaturated/α-hetero) is 1. The SMILES string of the molecule is O=C(NC(C(=O)N1C[C@H](Cl)[C@H]2OCC(=O)[C@H]21)C1CCCCC1)c1sc(-c2cccnc2)cc1F.